The lowest BCUT2D eigenvalue weighted by Crippen LogP contribution is -2.20. The predicted octanol–water partition coefficient (Wildman–Crippen LogP) is 4.99. The summed E-state index contributed by atoms with van der Waals surface area (Å²) in [7, 11) is 0. The van der Waals surface area contributed by atoms with E-state index < -0.39 is 11.9 Å². The summed E-state index contributed by atoms with van der Waals surface area (Å²) in [6.45, 7) is 5.45. The Hall–Kier alpha value is -1.86. The lowest BCUT2D eigenvalue weighted by atomic mass is 10.1. The highest BCUT2D eigenvalue weighted by Crippen LogP contribution is 2.28. The Morgan fingerprint density at radius 1 is 1.00 bits per heavy atom. The Kier molecular flexibility index (Phi) is 7.23. The smallest absolute Gasteiger partial charge is 0.349 e. The van der Waals surface area contributed by atoms with Gasteiger partial charge < -0.3 is 14.2 Å². The molecule has 0 saturated heterocycles. The summed E-state index contributed by atoms with van der Waals surface area (Å²) < 4.78 is 17.5. The van der Waals surface area contributed by atoms with Crippen molar-refractivity contribution in [1.82, 2.24) is 0 Å². The molecule has 0 aliphatic rings. The van der Waals surface area contributed by atoms with Crippen molar-refractivity contribution in [3.05, 3.63) is 56.0 Å². The number of esters is 2. The van der Waals surface area contributed by atoms with Crippen molar-refractivity contribution < 1.29 is 23.8 Å². The van der Waals surface area contributed by atoms with Crippen LogP contribution in [0.2, 0.25) is 0 Å². The van der Waals surface area contributed by atoms with Gasteiger partial charge in [-0.2, -0.15) is 0 Å². The van der Waals surface area contributed by atoms with Gasteiger partial charge >= 0.3 is 11.9 Å². The summed E-state index contributed by atoms with van der Waals surface area (Å²) in [6, 6.07) is 8.56. The van der Waals surface area contributed by atoms with Crippen molar-refractivity contribution in [2.45, 2.75) is 20.8 Å². The van der Waals surface area contributed by atoms with Crippen molar-refractivity contribution in [2.24, 2.45) is 0 Å². The second kappa shape index (κ2) is 9.19. The molecule has 0 saturated carbocycles. The van der Waals surface area contributed by atoms with Crippen LogP contribution >= 0.6 is 31.9 Å². The standard InChI is InChI=1S/C19H18Br2O5/c1-4-24-19(23)15-9-13(20)5-6-16(15)26-17(22)10-25-18-11(2)7-14(21)8-12(18)3/h5-9H,4,10H2,1-3H3. The molecular formula is C19H18Br2O5. The van der Waals surface area contributed by atoms with Crippen molar-refractivity contribution in [3.63, 3.8) is 0 Å². The molecule has 2 aromatic rings. The van der Waals surface area contributed by atoms with E-state index in [9.17, 15) is 9.59 Å². The zero-order chi connectivity index (χ0) is 19.3. The molecule has 0 amide bonds. The molecule has 5 nitrogen and oxygen atoms in total. The van der Waals surface area contributed by atoms with Crippen LogP contribution in [0.1, 0.15) is 28.4 Å². The first-order valence-corrected chi connectivity index (χ1v) is 9.47. The minimum absolute atomic E-state index is 0.129. The maximum atomic E-state index is 12.2. The maximum Gasteiger partial charge on any atom is 0.349 e. The highest BCUT2D eigenvalue weighted by Gasteiger charge is 2.18. The van der Waals surface area contributed by atoms with Gasteiger partial charge in [-0.25, -0.2) is 9.59 Å². The minimum Gasteiger partial charge on any atom is -0.481 e. The number of hydrogen-bond acceptors (Lipinski definition) is 5. The van der Waals surface area contributed by atoms with Gasteiger partial charge in [0.05, 0.1) is 6.61 Å². The van der Waals surface area contributed by atoms with Crippen LogP contribution in [0.25, 0.3) is 0 Å². The second-order valence-electron chi connectivity index (χ2n) is 5.49. The fraction of sp³-hybridized carbons (Fsp3) is 0.263. The van der Waals surface area contributed by atoms with Crippen LogP contribution in [-0.4, -0.2) is 25.2 Å². The monoisotopic (exact) mass is 484 g/mol. The van der Waals surface area contributed by atoms with Gasteiger partial charge in [-0.15, -0.1) is 0 Å². The molecule has 138 valence electrons. The number of carbonyl (C=O) groups is 2. The molecule has 0 aliphatic heterocycles. The maximum absolute atomic E-state index is 12.2. The normalized spacial score (nSPS) is 10.3. The van der Waals surface area contributed by atoms with Crippen LogP contribution in [0.4, 0.5) is 0 Å². The highest BCUT2D eigenvalue weighted by atomic mass is 79.9. The first kappa shape index (κ1) is 20.5. The second-order valence-corrected chi connectivity index (χ2v) is 7.32. The van der Waals surface area contributed by atoms with E-state index in [-0.39, 0.29) is 24.5 Å². The molecule has 0 heterocycles. The molecular weight excluding hydrogens is 468 g/mol. The summed E-state index contributed by atoms with van der Waals surface area (Å²) >= 11 is 6.70. The Morgan fingerprint density at radius 3 is 2.27 bits per heavy atom. The SMILES string of the molecule is CCOC(=O)c1cc(Br)ccc1OC(=O)COc1c(C)cc(Br)cc1C. The fourth-order valence-corrected chi connectivity index (χ4v) is 3.42. The molecule has 0 atom stereocenters. The highest BCUT2D eigenvalue weighted by molar-refractivity contribution is 9.10. The molecule has 0 aromatic heterocycles. The summed E-state index contributed by atoms with van der Waals surface area (Å²) in [5.41, 5.74) is 1.98. The number of carbonyl (C=O) groups excluding carboxylic acids is 2. The first-order valence-electron chi connectivity index (χ1n) is 7.88. The van der Waals surface area contributed by atoms with Gasteiger partial charge in [0.15, 0.2) is 6.61 Å². The Balaban J connectivity index is 2.10. The molecule has 7 heteroatoms. The van der Waals surface area contributed by atoms with Gasteiger partial charge in [-0.05, 0) is 62.2 Å². The fourth-order valence-electron chi connectivity index (χ4n) is 2.37. The quantitative estimate of drug-likeness (QED) is 0.426. The van der Waals surface area contributed by atoms with Crippen LogP contribution in [-0.2, 0) is 9.53 Å². The zero-order valence-electron chi connectivity index (χ0n) is 14.6. The molecule has 0 bridgehead atoms. The van der Waals surface area contributed by atoms with Gasteiger partial charge in [0.1, 0.15) is 17.1 Å². The summed E-state index contributed by atoms with van der Waals surface area (Å²) in [4.78, 5) is 24.2. The number of halogens is 2. The van der Waals surface area contributed by atoms with E-state index in [0.29, 0.717) is 10.2 Å². The van der Waals surface area contributed by atoms with E-state index in [2.05, 4.69) is 31.9 Å². The third kappa shape index (κ3) is 5.32. The van der Waals surface area contributed by atoms with Crippen molar-refractivity contribution in [1.29, 1.82) is 0 Å². The molecule has 0 radical (unpaired) electrons. The van der Waals surface area contributed by atoms with Crippen LogP contribution < -0.4 is 9.47 Å². The van der Waals surface area contributed by atoms with Gasteiger partial charge in [-0.1, -0.05) is 31.9 Å². The van der Waals surface area contributed by atoms with Crippen LogP contribution in [0, 0.1) is 13.8 Å². The lowest BCUT2D eigenvalue weighted by Gasteiger charge is -2.13. The van der Waals surface area contributed by atoms with Crippen LogP contribution in [0.15, 0.2) is 39.3 Å². The molecule has 0 aliphatic carbocycles. The summed E-state index contributed by atoms with van der Waals surface area (Å²) in [5, 5.41) is 0. The molecule has 0 spiro atoms. The van der Waals surface area contributed by atoms with Crippen molar-refractivity contribution in [3.8, 4) is 11.5 Å². The molecule has 26 heavy (non-hydrogen) atoms. The number of rotatable bonds is 6. The van der Waals surface area contributed by atoms with Crippen molar-refractivity contribution in [2.75, 3.05) is 13.2 Å². The average Bonchev–Trinajstić information content (AvgIpc) is 2.55. The third-order valence-corrected chi connectivity index (χ3v) is 4.37. The van der Waals surface area contributed by atoms with E-state index in [0.717, 1.165) is 15.6 Å². The summed E-state index contributed by atoms with van der Waals surface area (Å²) in [6.07, 6.45) is 0. The number of benzene rings is 2. The van der Waals surface area contributed by atoms with Gasteiger partial charge in [0.2, 0.25) is 0 Å². The molecule has 0 N–H and O–H groups in total. The molecule has 2 aromatic carbocycles. The Morgan fingerprint density at radius 2 is 1.65 bits per heavy atom. The van der Waals surface area contributed by atoms with Gasteiger partial charge in [-0.3, -0.25) is 0 Å². The van der Waals surface area contributed by atoms with E-state index in [1.165, 1.54) is 6.07 Å². The topological polar surface area (TPSA) is 61.8 Å². The van der Waals surface area contributed by atoms with Crippen molar-refractivity contribution >= 4 is 43.8 Å². The number of aryl methyl sites for hydroxylation is 2. The van der Waals surface area contributed by atoms with Crippen LogP contribution in [0.3, 0.4) is 0 Å². The summed E-state index contributed by atoms with van der Waals surface area (Å²) in [5.74, 6) is -0.409. The largest absolute Gasteiger partial charge is 0.481 e. The van der Waals surface area contributed by atoms with E-state index in [1.54, 1.807) is 19.1 Å². The third-order valence-electron chi connectivity index (χ3n) is 3.42. The van der Waals surface area contributed by atoms with Gasteiger partial charge in [0.25, 0.3) is 0 Å². The Labute approximate surface area is 168 Å². The molecule has 0 unspecified atom stereocenters. The minimum atomic E-state index is -0.611. The van der Waals surface area contributed by atoms with Crippen LogP contribution in [0.5, 0.6) is 11.5 Å². The first-order chi connectivity index (χ1) is 12.3. The van der Waals surface area contributed by atoms with E-state index in [4.69, 9.17) is 14.2 Å². The number of hydrogen-bond donors (Lipinski definition) is 0. The molecule has 0 fully saturated rings. The predicted molar refractivity (Wildman–Crippen MR) is 105 cm³/mol. The van der Waals surface area contributed by atoms with E-state index in [1.807, 2.05) is 26.0 Å². The molecule has 2 rings (SSSR count). The number of ether oxygens (including phenoxy) is 3. The zero-order valence-corrected chi connectivity index (χ0v) is 17.8. The average molecular weight is 486 g/mol. The van der Waals surface area contributed by atoms with E-state index >= 15 is 0 Å². The lowest BCUT2D eigenvalue weighted by molar-refractivity contribution is -0.136. The van der Waals surface area contributed by atoms with Gasteiger partial charge in [0, 0.05) is 8.95 Å². The Bertz CT molecular complexity index is 810.